The van der Waals surface area contributed by atoms with Crippen LogP contribution in [0.25, 0.3) is 5.57 Å². The van der Waals surface area contributed by atoms with E-state index in [9.17, 15) is 5.11 Å². The summed E-state index contributed by atoms with van der Waals surface area (Å²) < 4.78 is 4.77. The van der Waals surface area contributed by atoms with Gasteiger partial charge in [-0.2, -0.15) is 0 Å². The molecule has 0 aliphatic heterocycles. The van der Waals surface area contributed by atoms with Crippen molar-refractivity contribution in [2.45, 2.75) is 19.3 Å². The number of methoxy groups -OCH3 is 1. The monoisotopic (exact) mass is 196 g/mol. The zero-order valence-electron chi connectivity index (χ0n) is 9.25. The number of aryl methyl sites for hydroxylation is 1. The van der Waals surface area contributed by atoms with Crippen molar-refractivity contribution in [1.29, 1.82) is 0 Å². The van der Waals surface area contributed by atoms with Gasteiger partial charge in [0.1, 0.15) is 0 Å². The third kappa shape index (κ3) is 2.39. The topological polar surface area (TPSA) is 32.3 Å². The molecule has 0 unspecified atom stereocenters. The van der Waals surface area contributed by atoms with Crippen molar-refractivity contribution in [1.82, 2.24) is 0 Å². The maximum Gasteiger partial charge on any atom is 1.00 e. The first-order valence-corrected chi connectivity index (χ1v) is 4.85. The predicted molar refractivity (Wildman–Crippen MR) is 53.3 cm³/mol. The van der Waals surface area contributed by atoms with Crippen LogP contribution in [0.1, 0.15) is 24.0 Å². The molecule has 3 heteroatoms. The van der Waals surface area contributed by atoms with E-state index in [4.69, 9.17) is 4.74 Å². The van der Waals surface area contributed by atoms with Gasteiger partial charge in [0.25, 0.3) is 0 Å². The number of hydrogen-bond donors (Lipinski definition) is 0. The second kappa shape index (κ2) is 5.30. The standard InChI is InChI=1S/C12H14O2.Li/c1-14-12(13)11-8-4-6-9-5-2-3-7-10(9)11;/h2-3,5,7,13H,4,6,8H2,1H3;/q;+1/p-1/b12-11-;. The molecule has 0 heterocycles. The molecule has 0 bridgehead atoms. The zero-order valence-corrected chi connectivity index (χ0v) is 9.25. The van der Waals surface area contributed by atoms with Crippen molar-refractivity contribution >= 4 is 5.57 Å². The van der Waals surface area contributed by atoms with Crippen LogP contribution in [-0.4, -0.2) is 7.11 Å². The number of ether oxygens (including phenoxy) is 1. The van der Waals surface area contributed by atoms with Gasteiger partial charge in [0.15, 0.2) is 0 Å². The Bertz CT molecular complexity index is 372. The first kappa shape index (κ1) is 12.2. The summed E-state index contributed by atoms with van der Waals surface area (Å²) in [6.45, 7) is 0. The van der Waals surface area contributed by atoms with E-state index in [1.54, 1.807) is 0 Å². The van der Waals surface area contributed by atoms with Crippen LogP contribution in [0.4, 0.5) is 0 Å². The van der Waals surface area contributed by atoms with Gasteiger partial charge >= 0.3 is 18.9 Å². The van der Waals surface area contributed by atoms with Crippen LogP contribution in [0.3, 0.4) is 0 Å². The normalized spacial score (nSPS) is 17.4. The number of benzene rings is 1. The van der Waals surface area contributed by atoms with Crippen LogP contribution >= 0.6 is 0 Å². The molecule has 0 spiro atoms. The molecule has 2 rings (SSSR count). The molecule has 0 fully saturated rings. The summed E-state index contributed by atoms with van der Waals surface area (Å²) in [6, 6.07) is 8.06. The number of fused-ring (bicyclic) bond motifs is 1. The van der Waals surface area contributed by atoms with E-state index in [0.29, 0.717) is 0 Å². The Hall–Kier alpha value is -0.843. The largest absolute Gasteiger partial charge is 1.00 e. The van der Waals surface area contributed by atoms with Gasteiger partial charge in [-0.15, -0.1) is 0 Å². The van der Waals surface area contributed by atoms with Gasteiger partial charge in [0.05, 0.1) is 5.95 Å². The van der Waals surface area contributed by atoms with Crippen molar-refractivity contribution < 1.29 is 28.7 Å². The number of rotatable bonds is 1. The van der Waals surface area contributed by atoms with Crippen molar-refractivity contribution in [3.05, 3.63) is 41.3 Å². The summed E-state index contributed by atoms with van der Waals surface area (Å²) in [6.07, 6.45) is 2.95. The zero-order chi connectivity index (χ0) is 9.97. The predicted octanol–water partition coefficient (Wildman–Crippen LogP) is -1.30. The van der Waals surface area contributed by atoms with Gasteiger partial charge in [0.2, 0.25) is 0 Å². The molecule has 15 heavy (non-hydrogen) atoms. The molecular formula is C12H13LiO2. The molecular weight excluding hydrogens is 183 g/mol. The summed E-state index contributed by atoms with van der Waals surface area (Å²) in [4.78, 5) is 0. The first-order chi connectivity index (χ1) is 6.83. The summed E-state index contributed by atoms with van der Waals surface area (Å²) in [5, 5.41) is 11.5. The van der Waals surface area contributed by atoms with Gasteiger partial charge in [-0.3, -0.25) is 0 Å². The van der Waals surface area contributed by atoms with Crippen LogP contribution < -0.4 is 24.0 Å². The fraction of sp³-hybridized carbons (Fsp3) is 0.333. The van der Waals surface area contributed by atoms with E-state index in [1.165, 1.54) is 12.7 Å². The molecule has 0 amide bonds. The average molecular weight is 196 g/mol. The summed E-state index contributed by atoms with van der Waals surface area (Å²) in [7, 11) is 1.44. The van der Waals surface area contributed by atoms with E-state index in [2.05, 4.69) is 6.07 Å². The molecule has 1 aliphatic rings. The van der Waals surface area contributed by atoms with E-state index in [-0.39, 0.29) is 24.8 Å². The fourth-order valence-electron chi connectivity index (χ4n) is 1.96. The summed E-state index contributed by atoms with van der Waals surface area (Å²) >= 11 is 0. The summed E-state index contributed by atoms with van der Waals surface area (Å²) in [5.74, 6) is -0.183. The Labute approximate surface area is 102 Å². The molecule has 0 atom stereocenters. The van der Waals surface area contributed by atoms with Crippen molar-refractivity contribution in [2.24, 2.45) is 0 Å². The molecule has 0 saturated carbocycles. The number of allylic oxidation sites excluding steroid dienone is 1. The first-order valence-electron chi connectivity index (χ1n) is 4.85. The molecule has 74 valence electrons. The molecule has 1 aliphatic carbocycles. The number of hydrogen-bond acceptors (Lipinski definition) is 2. The molecule has 0 radical (unpaired) electrons. The smallest absolute Gasteiger partial charge is 0.616 e. The Kier molecular flexibility index (Phi) is 4.32. The van der Waals surface area contributed by atoms with Crippen molar-refractivity contribution in [3.8, 4) is 0 Å². The molecule has 0 N–H and O–H groups in total. The maximum absolute atomic E-state index is 11.5. The van der Waals surface area contributed by atoms with E-state index in [1.807, 2.05) is 18.2 Å². The van der Waals surface area contributed by atoms with Crippen LogP contribution in [0.5, 0.6) is 0 Å². The van der Waals surface area contributed by atoms with E-state index >= 15 is 0 Å². The minimum atomic E-state index is -0.183. The Morgan fingerprint density at radius 3 is 2.73 bits per heavy atom. The van der Waals surface area contributed by atoms with Gasteiger partial charge in [-0.1, -0.05) is 24.3 Å². The average Bonchev–Trinajstić information content (AvgIpc) is 2.27. The molecule has 1 aromatic rings. The molecule has 2 nitrogen and oxygen atoms in total. The Morgan fingerprint density at radius 2 is 2.00 bits per heavy atom. The van der Waals surface area contributed by atoms with Gasteiger partial charge < -0.3 is 9.84 Å². The van der Waals surface area contributed by atoms with Crippen LogP contribution in [0.2, 0.25) is 0 Å². The molecule has 0 aromatic heterocycles. The van der Waals surface area contributed by atoms with Crippen LogP contribution in [-0.2, 0) is 11.2 Å². The SMILES string of the molecule is CO/C([O-])=C1/CCCc2ccccc21.[Li+]. The summed E-state index contributed by atoms with van der Waals surface area (Å²) in [5.41, 5.74) is 3.17. The van der Waals surface area contributed by atoms with Crippen molar-refractivity contribution in [3.63, 3.8) is 0 Å². The second-order valence-electron chi connectivity index (χ2n) is 3.48. The molecule has 0 saturated heterocycles. The van der Waals surface area contributed by atoms with Gasteiger partial charge in [0, 0.05) is 0 Å². The van der Waals surface area contributed by atoms with Crippen LogP contribution in [0.15, 0.2) is 30.2 Å². The third-order valence-corrected chi connectivity index (χ3v) is 2.65. The Balaban J connectivity index is 0.00000112. The quantitative estimate of drug-likeness (QED) is 0.413. The fourth-order valence-corrected chi connectivity index (χ4v) is 1.96. The maximum atomic E-state index is 11.5. The van der Waals surface area contributed by atoms with E-state index in [0.717, 1.165) is 30.4 Å². The minimum absolute atomic E-state index is 0. The van der Waals surface area contributed by atoms with Crippen LogP contribution in [0, 0.1) is 0 Å². The van der Waals surface area contributed by atoms with Gasteiger partial charge in [-0.25, -0.2) is 0 Å². The van der Waals surface area contributed by atoms with Gasteiger partial charge in [-0.05, 0) is 43.1 Å². The molecule has 1 aromatic carbocycles. The Morgan fingerprint density at radius 1 is 1.27 bits per heavy atom. The van der Waals surface area contributed by atoms with E-state index < -0.39 is 0 Å². The minimum Gasteiger partial charge on any atom is -0.616 e. The second-order valence-corrected chi connectivity index (χ2v) is 3.48. The third-order valence-electron chi connectivity index (χ3n) is 2.65. The van der Waals surface area contributed by atoms with Crippen molar-refractivity contribution in [2.75, 3.05) is 7.11 Å².